The standard InChI is InChI=1S/C15H17NO2/c1-3-12-16-15(17)7-5-4-6-13-8-10-14(18-2)11-9-13/h3,8-11H,1,5,7,12H2,2H3,(H,16,17). The van der Waals surface area contributed by atoms with E-state index in [1.165, 1.54) is 0 Å². The van der Waals surface area contributed by atoms with Gasteiger partial charge in [-0.25, -0.2) is 0 Å². The fourth-order valence-corrected chi connectivity index (χ4v) is 1.29. The van der Waals surface area contributed by atoms with Gasteiger partial charge in [0, 0.05) is 24.9 Å². The summed E-state index contributed by atoms with van der Waals surface area (Å²) >= 11 is 0. The Labute approximate surface area is 108 Å². The van der Waals surface area contributed by atoms with Gasteiger partial charge in [0.25, 0.3) is 0 Å². The van der Waals surface area contributed by atoms with Gasteiger partial charge in [-0.05, 0) is 24.3 Å². The molecule has 0 bridgehead atoms. The van der Waals surface area contributed by atoms with Gasteiger partial charge < -0.3 is 10.1 Å². The van der Waals surface area contributed by atoms with Crippen molar-refractivity contribution in [3.8, 4) is 17.6 Å². The van der Waals surface area contributed by atoms with Gasteiger partial charge in [-0.15, -0.1) is 6.58 Å². The molecule has 1 aromatic carbocycles. The number of rotatable bonds is 5. The molecule has 1 N–H and O–H groups in total. The Hall–Kier alpha value is -2.21. The quantitative estimate of drug-likeness (QED) is 0.635. The molecule has 0 saturated carbocycles. The maximum Gasteiger partial charge on any atom is 0.221 e. The van der Waals surface area contributed by atoms with Gasteiger partial charge >= 0.3 is 0 Å². The van der Waals surface area contributed by atoms with Crippen molar-refractivity contribution in [2.45, 2.75) is 12.8 Å². The van der Waals surface area contributed by atoms with Crippen LogP contribution in [0, 0.1) is 11.8 Å². The number of carbonyl (C=O) groups excluding carboxylic acids is 1. The van der Waals surface area contributed by atoms with E-state index in [1.54, 1.807) is 13.2 Å². The van der Waals surface area contributed by atoms with Crippen LogP contribution in [0.3, 0.4) is 0 Å². The van der Waals surface area contributed by atoms with E-state index in [0.29, 0.717) is 19.4 Å². The topological polar surface area (TPSA) is 38.3 Å². The van der Waals surface area contributed by atoms with Gasteiger partial charge in [0.05, 0.1) is 7.11 Å². The summed E-state index contributed by atoms with van der Waals surface area (Å²) in [5.41, 5.74) is 0.919. The lowest BCUT2D eigenvalue weighted by Crippen LogP contribution is -2.22. The number of ether oxygens (including phenoxy) is 1. The number of carbonyl (C=O) groups is 1. The van der Waals surface area contributed by atoms with Crippen LogP contribution >= 0.6 is 0 Å². The van der Waals surface area contributed by atoms with Gasteiger partial charge in [-0.1, -0.05) is 17.9 Å². The zero-order valence-corrected chi connectivity index (χ0v) is 10.5. The average Bonchev–Trinajstić information content (AvgIpc) is 2.42. The predicted molar refractivity (Wildman–Crippen MR) is 72.3 cm³/mol. The molecule has 3 nitrogen and oxygen atoms in total. The van der Waals surface area contributed by atoms with Crippen molar-refractivity contribution in [1.82, 2.24) is 5.32 Å². The fourth-order valence-electron chi connectivity index (χ4n) is 1.29. The molecule has 0 aliphatic carbocycles. The summed E-state index contributed by atoms with van der Waals surface area (Å²) in [5, 5.41) is 2.70. The Morgan fingerprint density at radius 3 is 2.78 bits per heavy atom. The first-order valence-corrected chi connectivity index (χ1v) is 5.77. The molecule has 1 aromatic rings. The lowest BCUT2D eigenvalue weighted by Gasteiger charge is -1.98. The van der Waals surface area contributed by atoms with Crippen molar-refractivity contribution >= 4 is 5.91 Å². The van der Waals surface area contributed by atoms with E-state index in [0.717, 1.165) is 11.3 Å². The molecule has 0 aromatic heterocycles. The molecule has 0 radical (unpaired) electrons. The van der Waals surface area contributed by atoms with E-state index in [4.69, 9.17) is 4.74 Å². The smallest absolute Gasteiger partial charge is 0.221 e. The number of benzene rings is 1. The summed E-state index contributed by atoms with van der Waals surface area (Å²) in [5.74, 6) is 6.78. The molecule has 1 amide bonds. The molecule has 1 rings (SSSR count). The highest BCUT2D eigenvalue weighted by Gasteiger charge is 1.96. The van der Waals surface area contributed by atoms with E-state index in [1.807, 2.05) is 24.3 Å². The van der Waals surface area contributed by atoms with Crippen molar-refractivity contribution in [2.75, 3.05) is 13.7 Å². The largest absolute Gasteiger partial charge is 0.497 e. The average molecular weight is 243 g/mol. The Balaban J connectivity index is 2.36. The number of hydrogen-bond donors (Lipinski definition) is 1. The molecule has 0 aliphatic rings. The fraction of sp³-hybridized carbons (Fsp3) is 0.267. The first-order chi connectivity index (χ1) is 8.76. The van der Waals surface area contributed by atoms with E-state index in [2.05, 4.69) is 23.7 Å². The summed E-state index contributed by atoms with van der Waals surface area (Å²) in [6.07, 6.45) is 2.62. The zero-order valence-electron chi connectivity index (χ0n) is 10.5. The molecular formula is C15H17NO2. The number of amides is 1. The molecule has 0 heterocycles. The third kappa shape index (κ3) is 5.22. The number of methoxy groups -OCH3 is 1. The van der Waals surface area contributed by atoms with Crippen LogP contribution in [0.2, 0.25) is 0 Å². The van der Waals surface area contributed by atoms with E-state index in [-0.39, 0.29) is 5.91 Å². The van der Waals surface area contributed by atoms with Crippen LogP contribution in [0.25, 0.3) is 0 Å². The molecule has 0 spiro atoms. The molecule has 3 heteroatoms. The zero-order chi connectivity index (χ0) is 13.2. The molecular weight excluding hydrogens is 226 g/mol. The normalized spacial score (nSPS) is 8.94. The predicted octanol–water partition coefficient (Wildman–Crippen LogP) is 2.13. The van der Waals surface area contributed by atoms with E-state index in [9.17, 15) is 4.79 Å². The van der Waals surface area contributed by atoms with Crippen molar-refractivity contribution < 1.29 is 9.53 Å². The van der Waals surface area contributed by atoms with Gasteiger partial charge in [-0.2, -0.15) is 0 Å². The minimum Gasteiger partial charge on any atom is -0.497 e. The highest BCUT2D eigenvalue weighted by Crippen LogP contribution is 2.10. The monoisotopic (exact) mass is 243 g/mol. The second-order valence-corrected chi connectivity index (χ2v) is 3.62. The van der Waals surface area contributed by atoms with Crippen LogP contribution in [-0.2, 0) is 4.79 Å². The highest BCUT2D eigenvalue weighted by molar-refractivity contribution is 5.76. The van der Waals surface area contributed by atoms with Crippen molar-refractivity contribution in [1.29, 1.82) is 0 Å². The summed E-state index contributed by atoms with van der Waals surface area (Å²) in [7, 11) is 1.63. The van der Waals surface area contributed by atoms with Gasteiger partial charge in [0.1, 0.15) is 5.75 Å². The second kappa shape index (κ2) is 7.97. The molecule has 94 valence electrons. The minimum absolute atomic E-state index is 0.000990. The number of nitrogens with one attached hydrogen (secondary N) is 1. The maximum atomic E-state index is 11.3. The Morgan fingerprint density at radius 2 is 2.17 bits per heavy atom. The first kappa shape index (κ1) is 13.9. The second-order valence-electron chi connectivity index (χ2n) is 3.62. The lowest BCUT2D eigenvalue weighted by molar-refractivity contribution is -0.120. The first-order valence-electron chi connectivity index (χ1n) is 5.77. The molecule has 0 unspecified atom stereocenters. The van der Waals surface area contributed by atoms with Crippen molar-refractivity contribution in [3.05, 3.63) is 42.5 Å². The van der Waals surface area contributed by atoms with Crippen molar-refractivity contribution in [3.63, 3.8) is 0 Å². The van der Waals surface area contributed by atoms with E-state index >= 15 is 0 Å². The SMILES string of the molecule is C=CCNC(=O)CCC#Cc1ccc(OC)cc1. The molecule has 0 fully saturated rings. The van der Waals surface area contributed by atoms with Gasteiger partial charge in [0.2, 0.25) is 5.91 Å². The third-order valence-electron chi connectivity index (χ3n) is 2.24. The van der Waals surface area contributed by atoms with Crippen LogP contribution in [0.5, 0.6) is 5.75 Å². The van der Waals surface area contributed by atoms with Crippen LogP contribution in [0.4, 0.5) is 0 Å². The summed E-state index contributed by atoms with van der Waals surface area (Å²) in [6.45, 7) is 4.03. The summed E-state index contributed by atoms with van der Waals surface area (Å²) in [6, 6.07) is 7.51. The third-order valence-corrected chi connectivity index (χ3v) is 2.24. The van der Waals surface area contributed by atoms with Gasteiger partial charge in [-0.3, -0.25) is 4.79 Å². The molecule has 0 saturated heterocycles. The molecule has 0 atom stereocenters. The Morgan fingerprint density at radius 1 is 1.44 bits per heavy atom. The summed E-state index contributed by atoms with van der Waals surface area (Å²) in [4.78, 5) is 11.3. The Bertz CT molecular complexity index is 452. The Kier molecular flexibility index (Phi) is 6.13. The van der Waals surface area contributed by atoms with Crippen LogP contribution < -0.4 is 10.1 Å². The number of hydrogen-bond acceptors (Lipinski definition) is 2. The summed E-state index contributed by atoms with van der Waals surface area (Å²) < 4.78 is 5.05. The lowest BCUT2D eigenvalue weighted by atomic mass is 10.2. The van der Waals surface area contributed by atoms with Gasteiger partial charge in [0.15, 0.2) is 0 Å². The van der Waals surface area contributed by atoms with Crippen LogP contribution in [0.15, 0.2) is 36.9 Å². The highest BCUT2D eigenvalue weighted by atomic mass is 16.5. The van der Waals surface area contributed by atoms with Crippen molar-refractivity contribution in [2.24, 2.45) is 0 Å². The molecule has 18 heavy (non-hydrogen) atoms. The maximum absolute atomic E-state index is 11.3. The molecule has 0 aliphatic heterocycles. The van der Waals surface area contributed by atoms with Crippen LogP contribution in [-0.4, -0.2) is 19.6 Å². The minimum atomic E-state index is -0.000990. The van der Waals surface area contributed by atoms with E-state index < -0.39 is 0 Å². The van der Waals surface area contributed by atoms with Crippen LogP contribution in [0.1, 0.15) is 18.4 Å².